The highest BCUT2D eigenvalue weighted by molar-refractivity contribution is 4.77. The Morgan fingerprint density at radius 1 is 1.17 bits per heavy atom. The molecule has 1 aliphatic heterocycles. The minimum atomic E-state index is 0.806. The summed E-state index contributed by atoms with van der Waals surface area (Å²) in [6.45, 7) is 10.7. The molecule has 0 spiro atoms. The quantitative estimate of drug-likeness (QED) is 0.670. The second kappa shape index (κ2) is 8.89. The number of nitrogens with zero attached hydrogens (tertiary/aromatic N) is 2. The Balaban J connectivity index is 1.95. The molecule has 3 heteroatoms. The third-order valence-electron chi connectivity index (χ3n) is 4.03. The Morgan fingerprint density at radius 3 is 2.39 bits per heavy atom. The van der Waals surface area contributed by atoms with Crippen LogP contribution >= 0.6 is 0 Å². The van der Waals surface area contributed by atoms with Crippen molar-refractivity contribution in [3.8, 4) is 0 Å². The van der Waals surface area contributed by atoms with Crippen LogP contribution in [0.2, 0.25) is 0 Å². The van der Waals surface area contributed by atoms with Gasteiger partial charge in [0.2, 0.25) is 0 Å². The van der Waals surface area contributed by atoms with Gasteiger partial charge in [-0.05, 0) is 65.3 Å². The van der Waals surface area contributed by atoms with Crippen molar-refractivity contribution in [3.05, 3.63) is 0 Å². The first-order valence-electron chi connectivity index (χ1n) is 7.69. The number of rotatable bonds is 8. The molecule has 1 aliphatic rings. The van der Waals surface area contributed by atoms with E-state index >= 15 is 0 Å². The fraction of sp³-hybridized carbons (Fsp3) is 1.00. The summed E-state index contributed by atoms with van der Waals surface area (Å²) >= 11 is 0. The molecule has 1 saturated heterocycles. The molecule has 1 N–H and O–H groups in total. The summed E-state index contributed by atoms with van der Waals surface area (Å²) in [7, 11) is 4.41. The molecule has 0 aromatic heterocycles. The largest absolute Gasteiger partial charge is 0.315 e. The van der Waals surface area contributed by atoms with Gasteiger partial charge >= 0.3 is 0 Å². The van der Waals surface area contributed by atoms with Crippen LogP contribution in [0.15, 0.2) is 0 Å². The van der Waals surface area contributed by atoms with Gasteiger partial charge in [0.1, 0.15) is 0 Å². The van der Waals surface area contributed by atoms with Gasteiger partial charge in [-0.15, -0.1) is 0 Å². The fourth-order valence-electron chi connectivity index (χ4n) is 2.66. The average Bonchev–Trinajstić information content (AvgIpc) is 2.34. The van der Waals surface area contributed by atoms with Crippen molar-refractivity contribution in [2.45, 2.75) is 45.6 Å². The lowest BCUT2D eigenvalue weighted by Crippen LogP contribution is -2.44. The molecule has 3 nitrogen and oxygen atoms in total. The maximum absolute atomic E-state index is 3.57. The number of likely N-dealkylation sites (tertiary alicyclic amines) is 1. The van der Waals surface area contributed by atoms with E-state index < -0.39 is 0 Å². The predicted octanol–water partition coefficient (Wildman–Crippen LogP) is 2.04. The van der Waals surface area contributed by atoms with E-state index in [0.717, 1.165) is 18.5 Å². The van der Waals surface area contributed by atoms with Crippen LogP contribution in [0.3, 0.4) is 0 Å². The van der Waals surface area contributed by atoms with Gasteiger partial charge in [-0.1, -0.05) is 13.8 Å². The molecule has 0 radical (unpaired) electrons. The zero-order valence-corrected chi connectivity index (χ0v) is 12.9. The fourth-order valence-corrected chi connectivity index (χ4v) is 2.66. The summed E-state index contributed by atoms with van der Waals surface area (Å²) in [5, 5.41) is 3.57. The molecular formula is C15H33N3. The van der Waals surface area contributed by atoms with Crippen LogP contribution in [0.4, 0.5) is 0 Å². The van der Waals surface area contributed by atoms with E-state index in [9.17, 15) is 0 Å². The molecule has 0 amide bonds. The first-order chi connectivity index (χ1) is 8.59. The molecule has 0 saturated carbocycles. The molecule has 18 heavy (non-hydrogen) atoms. The zero-order chi connectivity index (χ0) is 13.4. The molecule has 1 fully saturated rings. The third-order valence-corrected chi connectivity index (χ3v) is 4.03. The first kappa shape index (κ1) is 15.9. The van der Waals surface area contributed by atoms with Crippen molar-refractivity contribution in [1.82, 2.24) is 15.1 Å². The van der Waals surface area contributed by atoms with Gasteiger partial charge in [-0.2, -0.15) is 0 Å². The summed E-state index contributed by atoms with van der Waals surface area (Å²) < 4.78 is 0. The smallest absolute Gasteiger partial charge is 0.0113 e. The molecule has 0 unspecified atom stereocenters. The summed E-state index contributed by atoms with van der Waals surface area (Å²) in [6, 6.07) is 0.806. The van der Waals surface area contributed by atoms with Gasteiger partial charge in [0, 0.05) is 19.1 Å². The highest BCUT2D eigenvalue weighted by Crippen LogP contribution is 2.13. The van der Waals surface area contributed by atoms with E-state index in [1.165, 1.54) is 51.9 Å². The molecule has 0 aromatic rings. The summed E-state index contributed by atoms with van der Waals surface area (Å²) in [4.78, 5) is 4.98. The van der Waals surface area contributed by atoms with E-state index in [4.69, 9.17) is 0 Å². The molecule has 0 bridgehead atoms. The predicted molar refractivity (Wildman–Crippen MR) is 80.1 cm³/mol. The van der Waals surface area contributed by atoms with Crippen molar-refractivity contribution in [2.24, 2.45) is 5.92 Å². The van der Waals surface area contributed by atoms with E-state index in [1.54, 1.807) is 0 Å². The molecule has 0 aromatic carbocycles. The summed E-state index contributed by atoms with van der Waals surface area (Å²) in [5.74, 6) is 0.844. The maximum Gasteiger partial charge on any atom is 0.0113 e. The minimum absolute atomic E-state index is 0.806. The summed E-state index contributed by atoms with van der Waals surface area (Å²) in [6.07, 6.45) is 5.34. The van der Waals surface area contributed by atoms with Crippen LogP contribution in [0.5, 0.6) is 0 Å². The Hall–Kier alpha value is -0.120. The number of hydrogen-bond donors (Lipinski definition) is 1. The Labute approximate surface area is 114 Å². The second-order valence-electron chi connectivity index (χ2n) is 6.32. The lowest BCUT2D eigenvalue weighted by molar-refractivity contribution is 0.145. The number of hydrogen-bond acceptors (Lipinski definition) is 3. The van der Waals surface area contributed by atoms with Gasteiger partial charge in [0.05, 0.1) is 0 Å². The van der Waals surface area contributed by atoms with Gasteiger partial charge in [0.25, 0.3) is 0 Å². The van der Waals surface area contributed by atoms with Gasteiger partial charge in [-0.25, -0.2) is 0 Å². The van der Waals surface area contributed by atoms with E-state index in [-0.39, 0.29) is 0 Å². The highest BCUT2D eigenvalue weighted by Gasteiger charge is 2.19. The van der Waals surface area contributed by atoms with Crippen molar-refractivity contribution >= 4 is 0 Å². The van der Waals surface area contributed by atoms with Crippen LogP contribution in [0.25, 0.3) is 0 Å². The SMILES string of the molecule is CC(C)CCCNCCN1CCC(N(C)C)CC1. The molecule has 108 valence electrons. The zero-order valence-electron chi connectivity index (χ0n) is 12.9. The molecule has 1 heterocycles. The van der Waals surface area contributed by atoms with Crippen molar-refractivity contribution in [3.63, 3.8) is 0 Å². The topological polar surface area (TPSA) is 18.5 Å². The van der Waals surface area contributed by atoms with E-state index in [1.807, 2.05) is 0 Å². The van der Waals surface area contributed by atoms with Crippen LogP contribution in [0.1, 0.15) is 39.5 Å². The maximum atomic E-state index is 3.57. The van der Waals surface area contributed by atoms with Gasteiger partial charge in [0.15, 0.2) is 0 Å². The van der Waals surface area contributed by atoms with Crippen LogP contribution in [-0.2, 0) is 0 Å². The van der Waals surface area contributed by atoms with Crippen molar-refractivity contribution in [2.75, 3.05) is 46.8 Å². The van der Waals surface area contributed by atoms with Crippen LogP contribution < -0.4 is 5.32 Å². The molecule has 0 aliphatic carbocycles. The van der Waals surface area contributed by atoms with E-state index in [0.29, 0.717) is 0 Å². The standard InChI is InChI=1S/C15H33N3/c1-14(2)6-5-9-16-10-13-18-11-7-15(8-12-18)17(3)4/h14-16H,5-13H2,1-4H3. The third kappa shape index (κ3) is 6.72. The van der Waals surface area contributed by atoms with Crippen LogP contribution in [-0.4, -0.2) is 62.7 Å². The molecule has 1 rings (SSSR count). The Morgan fingerprint density at radius 2 is 1.83 bits per heavy atom. The van der Waals surface area contributed by atoms with E-state index in [2.05, 4.69) is 43.1 Å². The number of piperidine rings is 1. The Bertz CT molecular complexity index is 196. The first-order valence-corrected chi connectivity index (χ1v) is 7.69. The lowest BCUT2D eigenvalue weighted by Gasteiger charge is -2.35. The highest BCUT2D eigenvalue weighted by atomic mass is 15.2. The normalized spacial score (nSPS) is 19.0. The monoisotopic (exact) mass is 255 g/mol. The minimum Gasteiger partial charge on any atom is -0.315 e. The molecular weight excluding hydrogens is 222 g/mol. The summed E-state index contributed by atoms with van der Waals surface area (Å²) in [5.41, 5.74) is 0. The second-order valence-corrected chi connectivity index (χ2v) is 6.32. The molecule has 0 atom stereocenters. The van der Waals surface area contributed by atoms with Crippen molar-refractivity contribution in [1.29, 1.82) is 0 Å². The van der Waals surface area contributed by atoms with Crippen molar-refractivity contribution < 1.29 is 0 Å². The van der Waals surface area contributed by atoms with Gasteiger partial charge in [-0.3, -0.25) is 0 Å². The van der Waals surface area contributed by atoms with Crippen LogP contribution in [0, 0.1) is 5.92 Å². The Kier molecular flexibility index (Phi) is 7.87. The average molecular weight is 255 g/mol. The lowest BCUT2D eigenvalue weighted by atomic mass is 10.0. The number of nitrogens with one attached hydrogen (secondary N) is 1. The van der Waals surface area contributed by atoms with Gasteiger partial charge < -0.3 is 15.1 Å².